The number of hydrazone groups is 1. The van der Waals surface area contributed by atoms with E-state index >= 15 is 0 Å². The lowest BCUT2D eigenvalue weighted by Gasteiger charge is -2.07. The summed E-state index contributed by atoms with van der Waals surface area (Å²) in [6, 6.07) is 14.5. The number of amides is 1. The predicted octanol–water partition coefficient (Wildman–Crippen LogP) is 5.40. The van der Waals surface area contributed by atoms with Crippen LogP contribution >= 0.6 is 23.2 Å². The van der Waals surface area contributed by atoms with E-state index < -0.39 is 0 Å². The third-order valence-electron chi connectivity index (χ3n) is 3.79. The summed E-state index contributed by atoms with van der Waals surface area (Å²) in [6.45, 7) is 3.80. The summed E-state index contributed by atoms with van der Waals surface area (Å²) >= 11 is 12.2. The van der Waals surface area contributed by atoms with Gasteiger partial charge in [-0.2, -0.15) is 5.10 Å². The highest BCUT2D eigenvalue weighted by atomic mass is 35.5. The van der Waals surface area contributed by atoms with Gasteiger partial charge in [-0.25, -0.2) is 5.43 Å². The highest BCUT2D eigenvalue weighted by Gasteiger charge is 2.10. The van der Waals surface area contributed by atoms with Gasteiger partial charge in [0.1, 0.15) is 17.3 Å². The molecule has 5 nitrogen and oxygen atoms in total. The summed E-state index contributed by atoms with van der Waals surface area (Å²) in [4.78, 5) is 11.9. The van der Waals surface area contributed by atoms with Gasteiger partial charge in [-0.3, -0.25) is 4.79 Å². The van der Waals surface area contributed by atoms with Gasteiger partial charge < -0.3 is 9.15 Å². The normalized spacial score (nSPS) is 11.0. The van der Waals surface area contributed by atoms with Gasteiger partial charge in [-0.1, -0.05) is 35.3 Å². The molecule has 0 aliphatic heterocycles. The maximum Gasteiger partial charge on any atom is 0.277 e. The van der Waals surface area contributed by atoms with Gasteiger partial charge in [0.25, 0.3) is 5.91 Å². The van der Waals surface area contributed by atoms with E-state index in [1.807, 2.05) is 32.0 Å². The van der Waals surface area contributed by atoms with Gasteiger partial charge >= 0.3 is 0 Å². The number of hydrogen-bond acceptors (Lipinski definition) is 4. The molecule has 0 fully saturated rings. The Kier molecular flexibility index (Phi) is 6.39. The minimum Gasteiger partial charge on any atom is -0.484 e. The van der Waals surface area contributed by atoms with Gasteiger partial charge in [0.2, 0.25) is 0 Å². The number of halogens is 2. The summed E-state index contributed by atoms with van der Waals surface area (Å²) in [5, 5.41) is 4.74. The van der Waals surface area contributed by atoms with Gasteiger partial charge in [-0.15, -0.1) is 0 Å². The van der Waals surface area contributed by atoms with E-state index in [1.165, 1.54) is 6.21 Å². The van der Waals surface area contributed by atoms with E-state index in [0.717, 1.165) is 11.1 Å². The molecular formula is C21H18Cl2N2O3. The quantitative estimate of drug-likeness (QED) is 0.432. The Morgan fingerprint density at radius 3 is 2.64 bits per heavy atom. The number of furan rings is 1. The Morgan fingerprint density at radius 2 is 1.89 bits per heavy atom. The number of nitrogens with one attached hydrogen (secondary N) is 1. The molecule has 7 heteroatoms. The van der Waals surface area contributed by atoms with Crippen molar-refractivity contribution in [2.45, 2.75) is 13.8 Å². The van der Waals surface area contributed by atoms with Crippen molar-refractivity contribution in [2.75, 3.05) is 6.61 Å². The fourth-order valence-corrected chi connectivity index (χ4v) is 3.02. The highest BCUT2D eigenvalue weighted by Crippen LogP contribution is 2.34. The number of carbonyl (C=O) groups excluding carboxylic acids is 1. The van der Waals surface area contributed by atoms with Crippen LogP contribution in [0.25, 0.3) is 11.3 Å². The molecule has 0 unspecified atom stereocenters. The van der Waals surface area contributed by atoms with Crippen LogP contribution in [0.1, 0.15) is 16.9 Å². The van der Waals surface area contributed by atoms with Gasteiger partial charge in [0.15, 0.2) is 6.61 Å². The molecule has 0 saturated heterocycles. The Balaban J connectivity index is 1.55. The lowest BCUT2D eigenvalue weighted by Crippen LogP contribution is -2.24. The zero-order valence-electron chi connectivity index (χ0n) is 15.3. The van der Waals surface area contributed by atoms with Crippen LogP contribution in [-0.4, -0.2) is 18.7 Å². The maximum atomic E-state index is 11.9. The molecule has 0 aliphatic rings. The molecule has 1 amide bonds. The van der Waals surface area contributed by atoms with E-state index in [-0.39, 0.29) is 12.5 Å². The average Bonchev–Trinajstić information content (AvgIpc) is 3.10. The zero-order valence-corrected chi connectivity index (χ0v) is 16.8. The molecule has 1 N–H and O–H groups in total. The van der Waals surface area contributed by atoms with E-state index in [2.05, 4.69) is 10.5 Å². The lowest BCUT2D eigenvalue weighted by molar-refractivity contribution is -0.123. The Labute approximate surface area is 172 Å². The molecule has 144 valence electrons. The fraction of sp³-hybridized carbons (Fsp3) is 0.143. The molecule has 3 aromatic rings. The van der Waals surface area contributed by atoms with Crippen LogP contribution in [0.15, 0.2) is 58.0 Å². The monoisotopic (exact) mass is 416 g/mol. The van der Waals surface area contributed by atoms with Crippen molar-refractivity contribution < 1.29 is 13.9 Å². The third kappa shape index (κ3) is 5.15. The second-order valence-electron chi connectivity index (χ2n) is 6.21. The first-order chi connectivity index (χ1) is 13.4. The molecule has 1 aromatic heterocycles. The molecule has 3 rings (SSSR count). The Hall–Kier alpha value is -2.76. The number of aryl methyl sites for hydroxylation is 2. The topological polar surface area (TPSA) is 63.8 Å². The number of hydrogen-bond donors (Lipinski definition) is 1. The van der Waals surface area contributed by atoms with Crippen molar-refractivity contribution in [1.29, 1.82) is 0 Å². The van der Waals surface area contributed by atoms with Crippen LogP contribution in [0.3, 0.4) is 0 Å². The third-order valence-corrected chi connectivity index (χ3v) is 4.61. The first-order valence-corrected chi connectivity index (χ1v) is 9.25. The molecule has 2 aromatic carbocycles. The van der Waals surface area contributed by atoms with Crippen molar-refractivity contribution in [3.05, 3.63) is 75.5 Å². The largest absolute Gasteiger partial charge is 0.484 e. The van der Waals surface area contributed by atoms with Crippen molar-refractivity contribution in [2.24, 2.45) is 5.10 Å². The second kappa shape index (κ2) is 8.95. The van der Waals surface area contributed by atoms with Crippen molar-refractivity contribution >= 4 is 35.3 Å². The molecule has 0 bridgehead atoms. The van der Waals surface area contributed by atoms with Crippen LogP contribution in [-0.2, 0) is 4.79 Å². The molecular weight excluding hydrogens is 399 g/mol. The molecule has 0 radical (unpaired) electrons. The molecule has 28 heavy (non-hydrogen) atoms. The van der Waals surface area contributed by atoms with Gasteiger partial charge in [-0.05, 0) is 61.4 Å². The minimum absolute atomic E-state index is 0.137. The van der Waals surface area contributed by atoms with E-state index in [4.69, 9.17) is 32.4 Å². The van der Waals surface area contributed by atoms with Crippen molar-refractivity contribution in [3.8, 4) is 17.1 Å². The molecule has 0 saturated carbocycles. The Bertz CT molecular complexity index is 1010. The van der Waals surface area contributed by atoms with E-state index in [0.29, 0.717) is 32.9 Å². The fourth-order valence-electron chi connectivity index (χ4n) is 2.63. The summed E-state index contributed by atoms with van der Waals surface area (Å²) in [5.41, 5.74) is 5.22. The lowest BCUT2D eigenvalue weighted by atomic mass is 10.1. The van der Waals surface area contributed by atoms with E-state index in [9.17, 15) is 4.79 Å². The molecule has 1 heterocycles. The van der Waals surface area contributed by atoms with Gasteiger partial charge in [0.05, 0.1) is 16.3 Å². The summed E-state index contributed by atoms with van der Waals surface area (Å²) < 4.78 is 11.2. The smallest absolute Gasteiger partial charge is 0.277 e. The standard InChI is InChI=1S/C21H18Cl2N2O3/c1-13-8-14(2)10-16(9-13)27-12-20(26)25-24-11-15-6-7-19(28-15)17-4-3-5-18(22)21(17)23/h3-11H,12H2,1-2H3,(H,25,26)/b24-11+. The SMILES string of the molecule is Cc1cc(C)cc(OCC(=O)N/N=C/c2ccc(-c3cccc(Cl)c3Cl)o2)c1. The number of benzene rings is 2. The number of nitrogens with zero attached hydrogens (tertiary/aromatic N) is 1. The highest BCUT2D eigenvalue weighted by molar-refractivity contribution is 6.43. The van der Waals surface area contributed by atoms with Crippen molar-refractivity contribution in [3.63, 3.8) is 0 Å². The summed E-state index contributed by atoms with van der Waals surface area (Å²) in [7, 11) is 0. The predicted molar refractivity (Wildman–Crippen MR) is 111 cm³/mol. The Morgan fingerprint density at radius 1 is 1.14 bits per heavy atom. The number of ether oxygens (including phenoxy) is 1. The van der Waals surface area contributed by atoms with Crippen LogP contribution in [0.5, 0.6) is 5.75 Å². The van der Waals surface area contributed by atoms with Gasteiger partial charge in [0, 0.05) is 5.56 Å². The zero-order chi connectivity index (χ0) is 20.1. The average molecular weight is 417 g/mol. The minimum atomic E-state index is -0.375. The van der Waals surface area contributed by atoms with E-state index in [1.54, 1.807) is 30.3 Å². The number of rotatable bonds is 6. The van der Waals surface area contributed by atoms with Crippen LogP contribution in [0.4, 0.5) is 0 Å². The second-order valence-corrected chi connectivity index (χ2v) is 6.99. The van der Waals surface area contributed by atoms with Crippen LogP contribution < -0.4 is 10.2 Å². The first kappa shape index (κ1) is 20.0. The summed E-state index contributed by atoms with van der Waals surface area (Å²) in [5.74, 6) is 1.28. The van der Waals surface area contributed by atoms with Crippen molar-refractivity contribution in [1.82, 2.24) is 5.43 Å². The van der Waals surface area contributed by atoms with Crippen LogP contribution in [0, 0.1) is 13.8 Å². The first-order valence-electron chi connectivity index (χ1n) is 8.49. The maximum absolute atomic E-state index is 11.9. The number of carbonyl (C=O) groups is 1. The van der Waals surface area contributed by atoms with Crippen LogP contribution in [0.2, 0.25) is 10.0 Å². The molecule has 0 atom stereocenters. The molecule has 0 spiro atoms. The summed E-state index contributed by atoms with van der Waals surface area (Å²) in [6.07, 6.45) is 1.40. The molecule has 0 aliphatic carbocycles.